The van der Waals surface area contributed by atoms with Crippen molar-refractivity contribution in [2.24, 2.45) is 29.6 Å². The van der Waals surface area contributed by atoms with Gasteiger partial charge < -0.3 is 5.11 Å². The summed E-state index contributed by atoms with van der Waals surface area (Å²) in [5.41, 5.74) is -0.332. The summed E-state index contributed by atoms with van der Waals surface area (Å²) < 4.78 is 0. The molecule has 0 amide bonds. The zero-order valence-corrected chi connectivity index (χ0v) is 9.08. The molecule has 0 saturated heterocycles. The lowest BCUT2D eigenvalue weighted by Gasteiger charge is -2.36. The van der Waals surface area contributed by atoms with Gasteiger partial charge in [0.25, 0.3) is 0 Å². The highest BCUT2D eigenvalue weighted by atomic mass is 35.5. The summed E-state index contributed by atoms with van der Waals surface area (Å²) in [5.74, 6) is 3.32. The fourth-order valence-corrected chi connectivity index (χ4v) is 6.31. The van der Waals surface area contributed by atoms with E-state index in [1.807, 2.05) is 0 Å². The average Bonchev–Trinajstić information content (AvgIpc) is 2.67. The highest BCUT2D eigenvalue weighted by Crippen LogP contribution is 2.72. The molecule has 4 aliphatic carbocycles. The van der Waals surface area contributed by atoms with E-state index in [0.717, 1.165) is 18.3 Å². The first-order valence-corrected chi connectivity index (χ1v) is 6.53. The minimum atomic E-state index is -0.332. The van der Waals surface area contributed by atoms with E-state index in [4.69, 9.17) is 11.6 Å². The summed E-state index contributed by atoms with van der Waals surface area (Å²) in [6.07, 6.45) is 6.25. The van der Waals surface area contributed by atoms with Gasteiger partial charge in [-0.05, 0) is 49.4 Å². The first-order valence-electron chi connectivity index (χ1n) is 6.10. The summed E-state index contributed by atoms with van der Waals surface area (Å²) in [6, 6.07) is 0. The SMILES string of the molecule is O[C@]12CCC[C@H]3[C@@H]4CC[C@H]([C@@H](Cl)[C@H]31)[C@@H]42. The number of rotatable bonds is 0. The molecule has 4 bridgehead atoms. The van der Waals surface area contributed by atoms with Crippen LogP contribution in [0.4, 0.5) is 0 Å². The number of alkyl halides is 1. The van der Waals surface area contributed by atoms with E-state index in [1.54, 1.807) is 0 Å². The van der Waals surface area contributed by atoms with Gasteiger partial charge in [0.05, 0.1) is 5.60 Å². The molecule has 0 aromatic carbocycles. The predicted molar refractivity (Wildman–Crippen MR) is 55.1 cm³/mol. The van der Waals surface area contributed by atoms with Crippen LogP contribution in [0.25, 0.3) is 0 Å². The Morgan fingerprint density at radius 2 is 1.71 bits per heavy atom. The fraction of sp³-hybridized carbons (Fsp3) is 1.00. The van der Waals surface area contributed by atoms with E-state index in [0.29, 0.717) is 23.1 Å². The van der Waals surface area contributed by atoms with E-state index in [-0.39, 0.29) is 5.60 Å². The molecule has 0 aromatic heterocycles. The van der Waals surface area contributed by atoms with Crippen molar-refractivity contribution in [3.8, 4) is 0 Å². The molecule has 0 radical (unpaired) electrons. The van der Waals surface area contributed by atoms with Crippen LogP contribution in [0.2, 0.25) is 0 Å². The van der Waals surface area contributed by atoms with Crippen LogP contribution in [-0.4, -0.2) is 16.1 Å². The first kappa shape index (κ1) is 8.41. The Morgan fingerprint density at radius 1 is 1.00 bits per heavy atom. The molecule has 4 aliphatic rings. The van der Waals surface area contributed by atoms with Crippen molar-refractivity contribution in [3.05, 3.63) is 0 Å². The Balaban J connectivity index is 1.90. The summed E-state index contributed by atoms with van der Waals surface area (Å²) in [6.45, 7) is 0. The summed E-state index contributed by atoms with van der Waals surface area (Å²) in [4.78, 5) is 0. The van der Waals surface area contributed by atoms with Crippen LogP contribution < -0.4 is 0 Å². The first-order chi connectivity index (χ1) is 6.73. The molecular weight excluding hydrogens is 196 g/mol. The van der Waals surface area contributed by atoms with Crippen LogP contribution in [0, 0.1) is 29.6 Å². The molecule has 4 saturated carbocycles. The normalized spacial score (nSPS) is 69.0. The number of hydrogen-bond donors (Lipinski definition) is 1. The second kappa shape index (κ2) is 2.32. The smallest absolute Gasteiger partial charge is 0.0726 e. The molecule has 0 spiro atoms. The van der Waals surface area contributed by atoms with E-state index >= 15 is 0 Å². The molecule has 4 fully saturated rings. The van der Waals surface area contributed by atoms with Crippen molar-refractivity contribution in [2.45, 2.75) is 43.1 Å². The van der Waals surface area contributed by atoms with Gasteiger partial charge in [-0.15, -0.1) is 11.6 Å². The van der Waals surface area contributed by atoms with Crippen LogP contribution in [0.1, 0.15) is 32.1 Å². The highest BCUT2D eigenvalue weighted by molar-refractivity contribution is 6.21. The molecule has 4 rings (SSSR count). The standard InChI is InChI=1S/C12H17ClO/c13-11-8-4-3-7-6-2-1-5-12(14,9(7)8)10(6)11/h6-11,14H,1-5H2/t6-,7-,8-,9+,10-,11+,12-/m0/s1. The van der Waals surface area contributed by atoms with Gasteiger partial charge >= 0.3 is 0 Å². The van der Waals surface area contributed by atoms with Crippen molar-refractivity contribution in [2.75, 3.05) is 0 Å². The minimum absolute atomic E-state index is 0.300. The number of aliphatic hydroxyl groups is 1. The van der Waals surface area contributed by atoms with Crippen LogP contribution in [0.3, 0.4) is 0 Å². The maximum atomic E-state index is 10.8. The highest BCUT2D eigenvalue weighted by Gasteiger charge is 2.73. The van der Waals surface area contributed by atoms with Gasteiger partial charge in [-0.25, -0.2) is 0 Å². The molecule has 7 atom stereocenters. The van der Waals surface area contributed by atoms with E-state index in [9.17, 15) is 5.11 Å². The van der Waals surface area contributed by atoms with Gasteiger partial charge in [-0.3, -0.25) is 0 Å². The van der Waals surface area contributed by atoms with Crippen molar-refractivity contribution < 1.29 is 5.11 Å². The van der Waals surface area contributed by atoms with Gasteiger partial charge in [0.1, 0.15) is 0 Å². The van der Waals surface area contributed by atoms with Gasteiger partial charge in [0.2, 0.25) is 0 Å². The third-order valence-electron chi connectivity index (χ3n) is 5.79. The quantitative estimate of drug-likeness (QED) is 0.612. The predicted octanol–water partition coefficient (Wildman–Crippen LogP) is 2.41. The lowest BCUT2D eigenvalue weighted by molar-refractivity contribution is -0.0360. The topological polar surface area (TPSA) is 20.2 Å². The van der Waals surface area contributed by atoms with Crippen LogP contribution in [0.5, 0.6) is 0 Å². The van der Waals surface area contributed by atoms with Gasteiger partial charge in [0, 0.05) is 11.3 Å². The maximum absolute atomic E-state index is 10.8. The third kappa shape index (κ3) is 0.666. The monoisotopic (exact) mass is 212 g/mol. The second-order valence-electron chi connectivity index (χ2n) is 5.95. The lowest BCUT2D eigenvalue weighted by Crippen LogP contribution is -2.40. The average molecular weight is 213 g/mol. The Hall–Kier alpha value is 0.250. The maximum Gasteiger partial charge on any atom is 0.0726 e. The summed E-state index contributed by atoms with van der Waals surface area (Å²) in [5, 5.41) is 11.1. The molecule has 0 aromatic rings. The minimum Gasteiger partial charge on any atom is -0.389 e. The Labute approximate surface area is 89.8 Å². The number of halogens is 1. The fourth-order valence-electron chi connectivity index (χ4n) is 5.63. The summed E-state index contributed by atoms with van der Waals surface area (Å²) in [7, 11) is 0. The lowest BCUT2D eigenvalue weighted by atomic mass is 9.74. The zero-order chi connectivity index (χ0) is 9.50. The van der Waals surface area contributed by atoms with Gasteiger partial charge in [-0.1, -0.05) is 6.42 Å². The van der Waals surface area contributed by atoms with Gasteiger partial charge in [0.15, 0.2) is 0 Å². The second-order valence-corrected chi connectivity index (χ2v) is 6.45. The van der Waals surface area contributed by atoms with Crippen LogP contribution in [-0.2, 0) is 0 Å². The molecule has 0 aliphatic heterocycles. The van der Waals surface area contributed by atoms with Crippen molar-refractivity contribution >= 4 is 11.6 Å². The third-order valence-corrected chi connectivity index (χ3v) is 6.38. The Bertz CT molecular complexity index is 288. The molecular formula is C12H17ClO. The number of hydrogen-bond acceptors (Lipinski definition) is 1. The van der Waals surface area contributed by atoms with Crippen molar-refractivity contribution in [1.29, 1.82) is 0 Å². The molecule has 0 unspecified atom stereocenters. The molecule has 2 heteroatoms. The van der Waals surface area contributed by atoms with Gasteiger partial charge in [-0.2, -0.15) is 0 Å². The summed E-state index contributed by atoms with van der Waals surface area (Å²) >= 11 is 6.53. The molecule has 1 N–H and O–H groups in total. The van der Waals surface area contributed by atoms with E-state index < -0.39 is 0 Å². The largest absolute Gasteiger partial charge is 0.389 e. The van der Waals surface area contributed by atoms with E-state index in [1.165, 1.54) is 25.7 Å². The molecule has 1 nitrogen and oxygen atoms in total. The van der Waals surface area contributed by atoms with E-state index in [2.05, 4.69) is 0 Å². The zero-order valence-electron chi connectivity index (χ0n) is 8.32. The van der Waals surface area contributed by atoms with Crippen LogP contribution >= 0.6 is 11.6 Å². The number of fused-ring (bicyclic) bond motifs is 1. The molecule has 0 heterocycles. The molecule has 78 valence electrons. The van der Waals surface area contributed by atoms with Crippen molar-refractivity contribution in [3.63, 3.8) is 0 Å². The Kier molecular flexibility index (Phi) is 1.40. The van der Waals surface area contributed by atoms with Crippen molar-refractivity contribution in [1.82, 2.24) is 0 Å². The Morgan fingerprint density at radius 3 is 2.50 bits per heavy atom. The molecule has 14 heavy (non-hydrogen) atoms. The van der Waals surface area contributed by atoms with Crippen LogP contribution in [0.15, 0.2) is 0 Å².